The topological polar surface area (TPSA) is 64.0 Å². The van der Waals surface area contributed by atoms with Crippen LogP contribution in [0.2, 0.25) is 0 Å². The molecule has 84 valence electrons. The summed E-state index contributed by atoms with van der Waals surface area (Å²) in [6, 6.07) is 0. The fourth-order valence-corrected chi connectivity index (χ4v) is 2.20. The van der Waals surface area contributed by atoms with E-state index in [9.17, 15) is 8.42 Å². The van der Waals surface area contributed by atoms with Crippen LogP contribution in [0, 0.1) is 0 Å². The van der Waals surface area contributed by atoms with Crippen LogP contribution in [0.15, 0.2) is 28.6 Å². The smallest absolute Gasteiger partial charge is 0.259 e. The molecule has 15 heavy (non-hydrogen) atoms. The van der Waals surface area contributed by atoms with Crippen molar-refractivity contribution in [2.75, 3.05) is 6.54 Å². The fraction of sp³-hybridized carbons (Fsp3) is 0.375. The van der Waals surface area contributed by atoms with Gasteiger partial charge in [-0.05, 0) is 6.92 Å². The van der Waals surface area contributed by atoms with Crippen LogP contribution >= 0.6 is 15.9 Å². The molecule has 0 aliphatic carbocycles. The van der Waals surface area contributed by atoms with Gasteiger partial charge in [0.15, 0.2) is 5.03 Å². The number of hydrogen-bond acceptors (Lipinski definition) is 3. The van der Waals surface area contributed by atoms with Gasteiger partial charge in [0.1, 0.15) is 0 Å². The van der Waals surface area contributed by atoms with Crippen LogP contribution < -0.4 is 4.72 Å². The highest BCUT2D eigenvalue weighted by molar-refractivity contribution is 9.11. The standard InChI is InChI=1S/C8H12BrN3O2S/c1-3-12-5-8(10-6-12)15(13,14)11-4-7(2)9/h5-6,11H,2-4H2,1H3. The summed E-state index contributed by atoms with van der Waals surface area (Å²) in [7, 11) is -3.52. The van der Waals surface area contributed by atoms with Gasteiger partial charge in [-0.15, -0.1) is 0 Å². The van der Waals surface area contributed by atoms with E-state index in [1.165, 1.54) is 12.5 Å². The maximum atomic E-state index is 11.6. The summed E-state index contributed by atoms with van der Waals surface area (Å²) in [5.41, 5.74) is 0. The average Bonchev–Trinajstić information content (AvgIpc) is 2.63. The number of imidazole rings is 1. The molecule has 0 aromatic carbocycles. The Balaban J connectivity index is 2.81. The fourth-order valence-electron chi connectivity index (χ4n) is 0.899. The van der Waals surface area contributed by atoms with Crippen LogP contribution in [0.3, 0.4) is 0 Å². The molecule has 0 amide bonds. The lowest BCUT2D eigenvalue weighted by molar-refractivity contribution is 0.582. The first-order valence-corrected chi connectivity index (χ1v) is 6.58. The van der Waals surface area contributed by atoms with Gasteiger partial charge >= 0.3 is 0 Å². The Bertz CT molecular complexity index is 452. The van der Waals surface area contributed by atoms with Gasteiger partial charge in [0.05, 0.1) is 6.33 Å². The Morgan fingerprint density at radius 2 is 2.40 bits per heavy atom. The largest absolute Gasteiger partial charge is 0.336 e. The highest BCUT2D eigenvalue weighted by atomic mass is 79.9. The van der Waals surface area contributed by atoms with Crippen molar-refractivity contribution in [3.63, 3.8) is 0 Å². The van der Waals surface area contributed by atoms with Crippen LogP contribution in [0.25, 0.3) is 0 Å². The number of rotatable bonds is 5. The number of halogens is 1. The van der Waals surface area contributed by atoms with Crippen molar-refractivity contribution in [1.82, 2.24) is 14.3 Å². The summed E-state index contributed by atoms with van der Waals surface area (Å²) in [5.74, 6) is 0. The minimum atomic E-state index is -3.52. The molecule has 1 heterocycles. The van der Waals surface area contributed by atoms with Crippen LogP contribution in [0.1, 0.15) is 6.92 Å². The number of sulfonamides is 1. The van der Waals surface area contributed by atoms with E-state index in [2.05, 4.69) is 32.2 Å². The predicted molar refractivity (Wildman–Crippen MR) is 61.2 cm³/mol. The lowest BCUT2D eigenvalue weighted by Crippen LogP contribution is -2.25. The summed E-state index contributed by atoms with van der Waals surface area (Å²) in [6.07, 6.45) is 2.97. The third-order valence-electron chi connectivity index (χ3n) is 1.70. The van der Waals surface area contributed by atoms with Crippen LogP contribution in [0.5, 0.6) is 0 Å². The SMILES string of the molecule is C=C(Br)CNS(=O)(=O)c1cn(CC)cn1. The van der Waals surface area contributed by atoms with Crippen molar-refractivity contribution in [3.8, 4) is 0 Å². The molecule has 0 aliphatic rings. The molecule has 5 nitrogen and oxygen atoms in total. The second kappa shape index (κ2) is 4.91. The maximum absolute atomic E-state index is 11.6. The zero-order chi connectivity index (χ0) is 11.5. The molecule has 0 unspecified atom stereocenters. The van der Waals surface area contributed by atoms with Gasteiger partial charge in [-0.25, -0.2) is 18.1 Å². The second-order valence-electron chi connectivity index (χ2n) is 2.88. The molecule has 1 aromatic rings. The summed E-state index contributed by atoms with van der Waals surface area (Å²) >= 11 is 3.07. The minimum absolute atomic E-state index is 0.0260. The first kappa shape index (κ1) is 12.4. The molecule has 0 saturated heterocycles. The number of nitrogens with one attached hydrogen (secondary N) is 1. The van der Waals surface area contributed by atoms with E-state index in [0.717, 1.165) is 0 Å². The van der Waals surface area contributed by atoms with Gasteiger partial charge in [0.2, 0.25) is 0 Å². The van der Waals surface area contributed by atoms with Crippen molar-refractivity contribution in [3.05, 3.63) is 23.6 Å². The molecule has 1 aromatic heterocycles. The van der Waals surface area contributed by atoms with Gasteiger partial charge in [-0.1, -0.05) is 22.5 Å². The third-order valence-corrected chi connectivity index (χ3v) is 3.27. The Kier molecular flexibility index (Phi) is 4.06. The van der Waals surface area contributed by atoms with Gasteiger partial charge in [-0.3, -0.25) is 0 Å². The third kappa shape index (κ3) is 3.44. The number of aromatic nitrogens is 2. The van der Waals surface area contributed by atoms with E-state index < -0.39 is 10.0 Å². The van der Waals surface area contributed by atoms with E-state index in [1.54, 1.807) is 4.57 Å². The van der Waals surface area contributed by atoms with Crippen molar-refractivity contribution >= 4 is 26.0 Å². The quantitative estimate of drug-likeness (QED) is 0.884. The van der Waals surface area contributed by atoms with E-state index in [0.29, 0.717) is 11.0 Å². The Labute approximate surface area is 97.4 Å². The first-order valence-electron chi connectivity index (χ1n) is 4.30. The molecule has 0 spiro atoms. The molecule has 0 atom stereocenters. The number of aryl methyl sites for hydroxylation is 1. The first-order chi connectivity index (χ1) is 6.95. The van der Waals surface area contributed by atoms with Crippen molar-refractivity contribution in [1.29, 1.82) is 0 Å². The monoisotopic (exact) mass is 293 g/mol. The molecular formula is C8H12BrN3O2S. The van der Waals surface area contributed by atoms with E-state index in [4.69, 9.17) is 0 Å². The highest BCUT2D eigenvalue weighted by Crippen LogP contribution is 2.06. The second-order valence-corrected chi connectivity index (χ2v) is 5.72. The van der Waals surface area contributed by atoms with Gasteiger partial charge in [0, 0.05) is 23.8 Å². The zero-order valence-electron chi connectivity index (χ0n) is 8.27. The molecule has 7 heteroatoms. The van der Waals surface area contributed by atoms with Gasteiger partial charge in [-0.2, -0.15) is 0 Å². The molecule has 0 bridgehead atoms. The Morgan fingerprint density at radius 1 is 1.73 bits per heavy atom. The maximum Gasteiger partial charge on any atom is 0.259 e. The molecule has 0 fully saturated rings. The highest BCUT2D eigenvalue weighted by Gasteiger charge is 2.16. The Morgan fingerprint density at radius 3 is 2.87 bits per heavy atom. The summed E-state index contributed by atoms with van der Waals surface area (Å²) in [5, 5.41) is 0.0260. The molecule has 0 saturated carbocycles. The summed E-state index contributed by atoms with van der Waals surface area (Å²) < 4.78 is 27.9. The molecule has 0 radical (unpaired) electrons. The molecular weight excluding hydrogens is 282 g/mol. The predicted octanol–water partition coefficient (Wildman–Crippen LogP) is 1.09. The molecule has 1 N–H and O–H groups in total. The lowest BCUT2D eigenvalue weighted by atomic mass is 10.7. The normalized spacial score (nSPS) is 11.6. The zero-order valence-corrected chi connectivity index (χ0v) is 10.7. The summed E-state index contributed by atoms with van der Waals surface area (Å²) in [4.78, 5) is 3.80. The van der Waals surface area contributed by atoms with Crippen molar-refractivity contribution in [2.24, 2.45) is 0 Å². The van der Waals surface area contributed by atoms with Crippen LogP contribution in [-0.4, -0.2) is 24.5 Å². The van der Waals surface area contributed by atoms with Crippen LogP contribution in [0.4, 0.5) is 0 Å². The van der Waals surface area contributed by atoms with E-state index in [-0.39, 0.29) is 11.6 Å². The summed E-state index contributed by atoms with van der Waals surface area (Å²) in [6.45, 7) is 6.29. The molecule has 0 aliphatic heterocycles. The lowest BCUT2D eigenvalue weighted by Gasteiger charge is -2.01. The minimum Gasteiger partial charge on any atom is -0.336 e. The van der Waals surface area contributed by atoms with Gasteiger partial charge < -0.3 is 4.57 Å². The molecule has 1 rings (SSSR count). The van der Waals surface area contributed by atoms with Crippen LogP contribution in [-0.2, 0) is 16.6 Å². The number of hydrogen-bond donors (Lipinski definition) is 1. The van der Waals surface area contributed by atoms with E-state index in [1.807, 2.05) is 6.92 Å². The number of nitrogens with zero attached hydrogens (tertiary/aromatic N) is 2. The average molecular weight is 294 g/mol. The van der Waals surface area contributed by atoms with Crippen molar-refractivity contribution < 1.29 is 8.42 Å². The van der Waals surface area contributed by atoms with E-state index >= 15 is 0 Å². The Hall–Kier alpha value is -0.660. The van der Waals surface area contributed by atoms with Crippen molar-refractivity contribution in [2.45, 2.75) is 18.5 Å². The van der Waals surface area contributed by atoms with Gasteiger partial charge in [0.25, 0.3) is 10.0 Å².